The molecule has 1 N–H and O–H groups in total. The maximum Gasteiger partial charge on any atom is 0.338 e. The van der Waals surface area contributed by atoms with Crippen molar-refractivity contribution in [1.29, 1.82) is 0 Å². The largest absolute Gasteiger partial charge is 0.508 e. The summed E-state index contributed by atoms with van der Waals surface area (Å²) in [5.74, 6) is 0.786. The van der Waals surface area contributed by atoms with E-state index in [9.17, 15) is 14.7 Å². The Morgan fingerprint density at radius 3 is 2.56 bits per heavy atom. The molecule has 5 heteroatoms. The number of rotatable bonds is 14. The van der Waals surface area contributed by atoms with Crippen molar-refractivity contribution in [2.24, 2.45) is 11.8 Å². The van der Waals surface area contributed by atoms with Crippen molar-refractivity contribution in [1.82, 2.24) is 4.90 Å². The normalized spacial score (nSPS) is 20.3. The molecule has 2 aliphatic heterocycles. The zero-order chi connectivity index (χ0) is 26.8. The van der Waals surface area contributed by atoms with Gasteiger partial charge in [-0.3, -0.25) is 4.79 Å². The highest BCUT2D eigenvalue weighted by molar-refractivity contribution is 5.98. The van der Waals surface area contributed by atoms with E-state index < -0.39 is 12.1 Å². The van der Waals surface area contributed by atoms with Gasteiger partial charge in [-0.2, -0.15) is 0 Å². The second-order valence-corrected chi connectivity index (χ2v) is 10.8. The predicted molar refractivity (Wildman–Crippen MR) is 147 cm³/mol. The molecule has 2 atom stereocenters. The third-order valence-corrected chi connectivity index (χ3v) is 6.84. The van der Waals surface area contributed by atoms with Crippen molar-refractivity contribution in [3.05, 3.63) is 70.7 Å². The van der Waals surface area contributed by atoms with Crippen LogP contribution in [0.5, 0.6) is 0 Å². The van der Waals surface area contributed by atoms with Gasteiger partial charge in [-0.1, -0.05) is 62.8 Å². The summed E-state index contributed by atoms with van der Waals surface area (Å²) in [4.78, 5) is 26.0. The number of allylic oxidation sites excluding steroid dienone is 6. The molecule has 0 spiro atoms. The summed E-state index contributed by atoms with van der Waals surface area (Å²) in [5, 5.41) is 9.98. The molecule has 0 saturated carbocycles. The van der Waals surface area contributed by atoms with E-state index in [0.717, 1.165) is 61.9 Å². The van der Waals surface area contributed by atoms with Gasteiger partial charge in [-0.15, -0.1) is 0 Å². The maximum atomic E-state index is 12.6. The highest BCUT2D eigenvalue weighted by Crippen LogP contribution is 2.26. The molecule has 2 aliphatic rings. The highest BCUT2D eigenvalue weighted by atomic mass is 16.6. The number of nitrogens with zero attached hydrogens (tertiary/aromatic N) is 1. The van der Waals surface area contributed by atoms with Crippen LogP contribution in [-0.4, -0.2) is 34.5 Å². The van der Waals surface area contributed by atoms with E-state index >= 15 is 0 Å². The fourth-order valence-electron chi connectivity index (χ4n) is 4.33. The van der Waals surface area contributed by atoms with Gasteiger partial charge in [0.2, 0.25) is 0 Å². The van der Waals surface area contributed by atoms with E-state index in [1.165, 1.54) is 5.57 Å². The minimum Gasteiger partial charge on any atom is -0.508 e. The number of amides is 1. The van der Waals surface area contributed by atoms with Crippen molar-refractivity contribution in [2.45, 2.75) is 92.6 Å². The van der Waals surface area contributed by atoms with Crippen LogP contribution in [0.15, 0.2) is 70.7 Å². The summed E-state index contributed by atoms with van der Waals surface area (Å²) in [6.45, 7) is 17.1. The van der Waals surface area contributed by atoms with E-state index in [1.807, 2.05) is 17.9 Å². The summed E-state index contributed by atoms with van der Waals surface area (Å²) >= 11 is 0. The van der Waals surface area contributed by atoms with Gasteiger partial charge >= 0.3 is 5.97 Å². The number of carbonyl (C=O) groups is 2. The van der Waals surface area contributed by atoms with Crippen molar-refractivity contribution in [3.8, 4) is 0 Å². The minimum atomic E-state index is -0.537. The van der Waals surface area contributed by atoms with Gasteiger partial charge in [0.05, 0.1) is 5.57 Å². The first-order valence-corrected chi connectivity index (χ1v) is 13.3. The molecule has 1 unspecified atom stereocenters. The molecule has 0 aromatic rings. The van der Waals surface area contributed by atoms with Crippen LogP contribution in [0.2, 0.25) is 0 Å². The van der Waals surface area contributed by atoms with Crippen molar-refractivity contribution < 1.29 is 19.4 Å². The quantitative estimate of drug-likeness (QED) is 0.154. The van der Waals surface area contributed by atoms with Gasteiger partial charge in [-0.25, -0.2) is 4.79 Å². The van der Waals surface area contributed by atoms with E-state index in [2.05, 4.69) is 58.6 Å². The standard InChI is InChI=1S/C31H45NO4/c1-21(2)17-18-32-25(6)20-27(30(32)34)16-10-14-23(4)12-8-11-22(3)13-9-15-24(5)19-28-29(33)26(7)31(35)36-28/h8,11-12,15,20-22,28,33H,6,9-10,13-14,16-19H2,1-5,7H3/b11-8+,23-12+,24-15-/t22-,28?/m0/s1. The molecule has 198 valence electrons. The molecule has 1 amide bonds. The lowest BCUT2D eigenvalue weighted by Gasteiger charge is -2.19. The Hall–Kier alpha value is -2.82. The molecule has 5 nitrogen and oxygen atoms in total. The van der Waals surface area contributed by atoms with Gasteiger partial charge in [-0.05, 0) is 77.2 Å². The molecular weight excluding hydrogens is 450 g/mol. The first-order valence-electron chi connectivity index (χ1n) is 13.3. The smallest absolute Gasteiger partial charge is 0.338 e. The number of hydrogen-bond acceptors (Lipinski definition) is 4. The molecule has 0 aromatic carbocycles. The number of ether oxygens (including phenoxy) is 1. The minimum absolute atomic E-state index is 0.0619. The number of aliphatic hydroxyl groups is 1. The third-order valence-electron chi connectivity index (χ3n) is 6.84. The fraction of sp³-hybridized carbons (Fsp3) is 0.548. The number of cyclic esters (lactones) is 1. The van der Waals surface area contributed by atoms with E-state index in [4.69, 9.17) is 4.74 Å². The second-order valence-electron chi connectivity index (χ2n) is 10.8. The molecule has 36 heavy (non-hydrogen) atoms. The van der Waals surface area contributed by atoms with Gasteiger partial charge in [0.25, 0.3) is 5.91 Å². The summed E-state index contributed by atoms with van der Waals surface area (Å²) in [6, 6.07) is 0. The predicted octanol–water partition coefficient (Wildman–Crippen LogP) is 7.50. The molecule has 2 heterocycles. The summed E-state index contributed by atoms with van der Waals surface area (Å²) in [6.07, 6.45) is 16.3. The topological polar surface area (TPSA) is 66.8 Å². The Labute approximate surface area is 218 Å². The van der Waals surface area contributed by atoms with Crippen LogP contribution in [0.25, 0.3) is 0 Å². The molecule has 0 radical (unpaired) electrons. The van der Waals surface area contributed by atoms with Crippen molar-refractivity contribution >= 4 is 11.9 Å². The molecule has 0 fully saturated rings. The monoisotopic (exact) mass is 495 g/mol. The lowest BCUT2D eigenvalue weighted by molar-refractivity contribution is -0.140. The first kappa shape index (κ1) is 29.4. The van der Waals surface area contributed by atoms with Gasteiger partial charge < -0.3 is 14.7 Å². The third kappa shape index (κ3) is 9.00. The Balaban J connectivity index is 1.68. The van der Waals surface area contributed by atoms with Gasteiger partial charge in [0.1, 0.15) is 5.76 Å². The SMILES string of the molecule is C=C1C=C(CCC/C(C)=C/C=C/[C@H](C)CC/C=C(/C)CC2OC(=O)C(C)=C2O)C(=O)N1CCC(C)C. The summed E-state index contributed by atoms with van der Waals surface area (Å²) < 4.78 is 5.20. The summed E-state index contributed by atoms with van der Waals surface area (Å²) in [5.41, 5.74) is 4.45. The van der Waals surface area contributed by atoms with Crippen LogP contribution < -0.4 is 0 Å². The van der Waals surface area contributed by atoms with Crippen molar-refractivity contribution in [3.63, 3.8) is 0 Å². The lowest BCUT2D eigenvalue weighted by Crippen LogP contribution is -2.27. The first-order chi connectivity index (χ1) is 17.0. The van der Waals surface area contributed by atoms with Gasteiger partial charge in [0, 0.05) is 24.2 Å². The van der Waals surface area contributed by atoms with E-state index in [1.54, 1.807) is 6.92 Å². The average molecular weight is 496 g/mol. The molecule has 0 aromatic heterocycles. The lowest BCUT2D eigenvalue weighted by atomic mass is 10.0. The molecular formula is C31H45NO4. The van der Waals surface area contributed by atoms with Crippen LogP contribution >= 0.6 is 0 Å². The summed E-state index contributed by atoms with van der Waals surface area (Å²) in [7, 11) is 0. The van der Waals surface area contributed by atoms with E-state index in [0.29, 0.717) is 23.8 Å². The number of hydrogen-bond donors (Lipinski definition) is 1. The zero-order valence-electron chi connectivity index (χ0n) is 23.1. The molecule has 2 rings (SSSR count). The Kier molecular flexibility index (Phi) is 11.5. The number of aliphatic hydroxyl groups excluding tert-OH is 1. The fourth-order valence-corrected chi connectivity index (χ4v) is 4.33. The Morgan fingerprint density at radius 1 is 1.19 bits per heavy atom. The maximum absolute atomic E-state index is 12.6. The number of esters is 1. The highest BCUT2D eigenvalue weighted by Gasteiger charge is 2.31. The average Bonchev–Trinajstić information content (AvgIpc) is 3.21. The Bertz CT molecular complexity index is 977. The molecule has 0 saturated heterocycles. The van der Waals surface area contributed by atoms with Crippen LogP contribution in [0.1, 0.15) is 86.5 Å². The number of carbonyl (C=O) groups excluding carboxylic acids is 2. The van der Waals surface area contributed by atoms with E-state index in [-0.39, 0.29) is 11.7 Å². The van der Waals surface area contributed by atoms with Crippen LogP contribution in [0.4, 0.5) is 0 Å². The van der Waals surface area contributed by atoms with Gasteiger partial charge in [0.15, 0.2) is 6.10 Å². The van der Waals surface area contributed by atoms with Crippen LogP contribution in [-0.2, 0) is 14.3 Å². The van der Waals surface area contributed by atoms with Crippen molar-refractivity contribution in [2.75, 3.05) is 6.54 Å². The van der Waals surface area contributed by atoms with Crippen LogP contribution in [0.3, 0.4) is 0 Å². The second kappa shape index (κ2) is 14.1. The Morgan fingerprint density at radius 2 is 1.92 bits per heavy atom. The molecule has 0 bridgehead atoms. The zero-order valence-corrected chi connectivity index (χ0v) is 23.1. The molecule has 0 aliphatic carbocycles. The van der Waals surface area contributed by atoms with Crippen LogP contribution in [0, 0.1) is 11.8 Å².